The van der Waals surface area contributed by atoms with Crippen LogP contribution in [-0.2, 0) is 6.42 Å². The van der Waals surface area contributed by atoms with Crippen molar-refractivity contribution in [2.45, 2.75) is 52.9 Å². The largest absolute Gasteiger partial charge is 0.508 e. The average Bonchev–Trinajstić information content (AvgIpc) is 2.35. The second kappa shape index (κ2) is 7.37. The predicted molar refractivity (Wildman–Crippen MR) is 74.3 cm³/mol. The summed E-state index contributed by atoms with van der Waals surface area (Å²) in [4.78, 5) is 0. The molecule has 0 heterocycles. The van der Waals surface area contributed by atoms with Gasteiger partial charge in [0, 0.05) is 0 Å². The minimum Gasteiger partial charge on any atom is -0.508 e. The molecule has 1 N–H and O–H groups in total. The topological polar surface area (TPSA) is 20.2 Å². The molecule has 17 heavy (non-hydrogen) atoms. The first-order valence-electron chi connectivity index (χ1n) is 6.99. The quantitative estimate of drug-likeness (QED) is 0.719. The molecule has 0 aliphatic heterocycles. The Hall–Kier alpha value is -0.980. The van der Waals surface area contributed by atoms with Gasteiger partial charge in [0.2, 0.25) is 0 Å². The highest BCUT2D eigenvalue weighted by Gasteiger charge is 2.18. The third kappa shape index (κ3) is 4.07. The molecule has 0 saturated heterocycles. The Morgan fingerprint density at radius 1 is 1.00 bits per heavy atom. The third-order valence-corrected chi connectivity index (χ3v) is 3.85. The van der Waals surface area contributed by atoms with Crippen molar-refractivity contribution in [2.24, 2.45) is 11.8 Å². The van der Waals surface area contributed by atoms with Crippen LogP contribution in [-0.4, -0.2) is 5.11 Å². The van der Waals surface area contributed by atoms with E-state index in [0.717, 1.165) is 17.9 Å². The molecule has 1 heteroatoms. The summed E-state index contributed by atoms with van der Waals surface area (Å²) in [7, 11) is 0. The number of rotatable bonds is 7. The van der Waals surface area contributed by atoms with Gasteiger partial charge in [-0.25, -0.2) is 0 Å². The van der Waals surface area contributed by atoms with Crippen LogP contribution in [0.5, 0.6) is 5.75 Å². The van der Waals surface area contributed by atoms with E-state index in [2.05, 4.69) is 26.8 Å². The van der Waals surface area contributed by atoms with Crippen molar-refractivity contribution in [1.29, 1.82) is 0 Å². The Bertz CT molecular complexity index is 319. The van der Waals surface area contributed by atoms with E-state index in [0.29, 0.717) is 11.7 Å². The van der Waals surface area contributed by atoms with E-state index in [1.54, 1.807) is 6.07 Å². The fourth-order valence-corrected chi connectivity index (χ4v) is 2.75. The highest BCUT2D eigenvalue weighted by Crippen LogP contribution is 2.30. The van der Waals surface area contributed by atoms with Crippen molar-refractivity contribution in [3.8, 4) is 5.75 Å². The van der Waals surface area contributed by atoms with E-state index in [1.165, 1.54) is 25.7 Å². The lowest BCUT2D eigenvalue weighted by molar-refractivity contribution is 0.288. The number of hydrogen-bond donors (Lipinski definition) is 1. The van der Waals surface area contributed by atoms with Gasteiger partial charge in [-0.15, -0.1) is 0 Å². The Kier molecular flexibility index (Phi) is 6.10. The summed E-state index contributed by atoms with van der Waals surface area (Å²) >= 11 is 0. The second-order valence-electron chi connectivity index (χ2n) is 4.96. The molecule has 1 nitrogen and oxygen atoms in total. The SMILES string of the molecule is CCCC(CC)C(CC)Cc1ccccc1O. The van der Waals surface area contributed by atoms with E-state index < -0.39 is 0 Å². The van der Waals surface area contributed by atoms with Crippen LogP contribution in [0.15, 0.2) is 24.3 Å². The molecule has 0 aromatic heterocycles. The molecule has 0 saturated carbocycles. The van der Waals surface area contributed by atoms with Crippen LogP contribution in [0, 0.1) is 11.8 Å². The Balaban J connectivity index is 2.72. The molecule has 0 radical (unpaired) electrons. The maximum absolute atomic E-state index is 9.84. The van der Waals surface area contributed by atoms with E-state index >= 15 is 0 Å². The van der Waals surface area contributed by atoms with Crippen LogP contribution in [0.3, 0.4) is 0 Å². The Morgan fingerprint density at radius 2 is 1.65 bits per heavy atom. The zero-order chi connectivity index (χ0) is 12.7. The third-order valence-electron chi connectivity index (χ3n) is 3.85. The van der Waals surface area contributed by atoms with Gasteiger partial charge in [-0.3, -0.25) is 0 Å². The molecule has 1 aromatic rings. The number of phenolic OH excluding ortho intramolecular Hbond substituents is 1. The number of phenols is 1. The summed E-state index contributed by atoms with van der Waals surface area (Å²) in [5.74, 6) is 1.95. The molecule has 0 fully saturated rings. The van der Waals surface area contributed by atoms with Crippen molar-refractivity contribution < 1.29 is 5.11 Å². The lowest BCUT2D eigenvalue weighted by Crippen LogP contribution is -2.16. The second-order valence-corrected chi connectivity index (χ2v) is 4.96. The van der Waals surface area contributed by atoms with E-state index in [1.807, 2.05) is 12.1 Å². The molecule has 2 unspecified atom stereocenters. The molecule has 0 bridgehead atoms. The molecule has 0 amide bonds. The minimum atomic E-state index is 0.456. The molecule has 0 aliphatic rings. The van der Waals surface area contributed by atoms with Crippen LogP contribution in [0.4, 0.5) is 0 Å². The zero-order valence-electron chi connectivity index (χ0n) is 11.4. The molecule has 1 rings (SSSR count). The smallest absolute Gasteiger partial charge is 0.118 e. The van der Waals surface area contributed by atoms with E-state index in [-0.39, 0.29) is 0 Å². The first kappa shape index (κ1) is 14.1. The van der Waals surface area contributed by atoms with Gasteiger partial charge in [0.05, 0.1) is 0 Å². The van der Waals surface area contributed by atoms with Crippen molar-refractivity contribution in [1.82, 2.24) is 0 Å². The van der Waals surface area contributed by atoms with Gasteiger partial charge in [-0.2, -0.15) is 0 Å². The van der Waals surface area contributed by atoms with Crippen molar-refractivity contribution in [3.05, 3.63) is 29.8 Å². The number of para-hydroxylation sites is 1. The summed E-state index contributed by atoms with van der Waals surface area (Å²) in [6.45, 7) is 6.81. The standard InChI is InChI=1S/C16H26O/c1-4-9-13(5-2)14(6-3)12-15-10-7-8-11-16(15)17/h7-8,10-11,13-14,17H,4-6,9,12H2,1-3H3. The first-order chi connectivity index (χ1) is 8.22. The molecule has 2 atom stereocenters. The highest BCUT2D eigenvalue weighted by molar-refractivity contribution is 5.32. The molecular weight excluding hydrogens is 208 g/mol. The molecule has 0 spiro atoms. The monoisotopic (exact) mass is 234 g/mol. The van der Waals surface area contributed by atoms with Gasteiger partial charge in [0.15, 0.2) is 0 Å². The fourth-order valence-electron chi connectivity index (χ4n) is 2.75. The molecule has 1 aromatic carbocycles. The van der Waals surface area contributed by atoms with Crippen molar-refractivity contribution in [2.75, 3.05) is 0 Å². The number of benzene rings is 1. The lowest BCUT2D eigenvalue weighted by Gasteiger charge is -2.25. The maximum atomic E-state index is 9.84. The van der Waals surface area contributed by atoms with Crippen LogP contribution < -0.4 is 0 Å². The first-order valence-corrected chi connectivity index (χ1v) is 6.99. The van der Waals surface area contributed by atoms with Crippen LogP contribution in [0.25, 0.3) is 0 Å². The summed E-state index contributed by atoms with van der Waals surface area (Å²) in [6.07, 6.45) is 6.03. The summed E-state index contributed by atoms with van der Waals surface area (Å²) in [5.41, 5.74) is 1.11. The summed E-state index contributed by atoms with van der Waals surface area (Å²) in [6, 6.07) is 7.76. The summed E-state index contributed by atoms with van der Waals surface area (Å²) < 4.78 is 0. The van der Waals surface area contributed by atoms with Gasteiger partial charge < -0.3 is 5.11 Å². The minimum absolute atomic E-state index is 0.456. The molecule has 0 aliphatic carbocycles. The summed E-state index contributed by atoms with van der Waals surface area (Å²) in [5, 5.41) is 9.84. The van der Waals surface area contributed by atoms with Crippen LogP contribution >= 0.6 is 0 Å². The van der Waals surface area contributed by atoms with E-state index in [4.69, 9.17) is 0 Å². The van der Waals surface area contributed by atoms with Crippen molar-refractivity contribution >= 4 is 0 Å². The molecule has 96 valence electrons. The van der Waals surface area contributed by atoms with Gasteiger partial charge >= 0.3 is 0 Å². The Morgan fingerprint density at radius 3 is 2.18 bits per heavy atom. The normalized spacial score (nSPS) is 14.5. The van der Waals surface area contributed by atoms with Gasteiger partial charge in [0.25, 0.3) is 0 Å². The lowest BCUT2D eigenvalue weighted by atomic mass is 9.80. The Labute approximate surface area is 106 Å². The van der Waals surface area contributed by atoms with Gasteiger partial charge in [-0.1, -0.05) is 64.7 Å². The molecular formula is C16H26O. The number of hydrogen-bond acceptors (Lipinski definition) is 1. The van der Waals surface area contributed by atoms with Crippen molar-refractivity contribution in [3.63, 3.8) is 0 Å². The predicted octanol–water partition coefficient (Wildman–Crippen LogP) is 4.79. The fraction of sp³-hybridized carbons (Fsp3) is 0.625. The van der Waals surface area contributed by atoms with Crippen LogP contribution in [0.2, 0.25) is 0 Å². The highest BCUT2D eigenvalue weighted by atomic mass is 16.3. The van der Waals surface area contributed by atoms with Crippen LogP contribution in [0.1, 0.15) is 52.0 Å². The average molecular weight is 234 g/mol. The van der Waals surface area contributed by atoms with E-state index in [9.17, 15) is 5.11 Å². The maximum Gasteiger partial charge on any atom is 0.118 e. The van der Waals surface area contributed by atoms with Gasteiger partial charge in [-0.05, 0) is 29.9 Å². The zero-order valence-corrected chi connectivity index (χ0v) is 11.4. The number of aromatic hydroxyl groups is 1. The van der Waals surface area contributed by atoms with Gasteiger partial charge in [0.1, 0.15) is 5.75 Å².